The van der Waals surface area contributed by atoms with E-state index < -0.39 is 0 Å². The summed E-state index contributed by atoms with van der Waals surface area (Å²) in [5.41, 5.74) is 30.2. The minimum absolute atomic E-state index is 0.668. The van der Waals surface area contributed by atoms with E-state index in [4.69, 9.17) is 28.7 Å². The molecule has 9 nitrogen and oxygen atoms in total. The van der Waals surface area contributed by atoms with Gasteiger partial charge in [-0.05, 0) is 38.8 Å². The lowest BCUT2D eigenvalue weighted by Gasteiger charge is -2.28. The number of nitrogens with zero attached hydrogens (tertiary/aromatic N) is 3. The third kappa shape index (κ3) is 19.2. The second-order valence-electron chi connectivity index (χ2n) is 8.45. The standard InChI is InChI=1S/C24H55N9/c1-2-3-15-31(17-10-27)22-23-32(16-7-24(6-9-26)5-4-8-25)20-13-30-14-21-33(18-11-28)19-12-29/h2,5,30H,1,3-4,6-23,25-29H2/b24-5-. The molecule has 0 heterocycles. The molecule has 33 heavy (non-hydrogen) atoms. The fraction of sp³-hybridized carbons (Fsp3) is 0.833. The Bertz CT molecular complexity index is 453. The number of rotatable bonds is 25. The lowest BCUT2D eigenvalue weighted by Crippen LogP contribution is -2.42. The third-order valence-corrected chi connectivity index (χ3v) is 5.74. The molecule has 0 aromatic rings. The van der Waals surface area contributed by atoms with Crippen LogP contribution in [0.4, 0.5) is 0 Å². The highest BCUT2D eigenvalue weighted by Gasteiger charge is 2.10. The predicted molar refractivity (Wildman–Crippen MR) is 144 cm³/mol. The Hall–Kier alpha value is -0.880. The first-order chi connectivity index (χ1) is 16.1. The lowest BCUT2D eigenvalue weighted by molar-refractivity contribution is 0.207. The van der Waals surface area contributed by atoms with Crippen LogP contribution < -0.4 is 34.0 Å². The van der Waals surface area contributed by atoms with Gasteiger partial charge in [-0.1, -0.05) is 17.7 Å². The van der Waals surface area contributed by atoms with Crippen LogP contribution in [0.15, 0.2) is 24.3 Å². The van der Waals surface area contributed by atoms with Gasteiger partial charge in [-0.2, -0.15) is 0 Å². The molecule has 0 aliphatic heterocycles. The van der Waals surface area contributed by atoms with Crippen molar-refractivity contribution in [2.75, 3.05) is 105 Å². The lowest BCUT2D eigenvalue weighted by atomic mass is 10.1. The van der Waals surface area contributed by atoms with E-state index in [2.05, 4.69) is 32.7 Å². The Kier molecular flexibility index (Phi) is 23.6. The smallest absolute Gasteiger partial charge is 0.0110 e. The average molecular weight is 470 g/mol. The van der Waals surface area contributed by atoms with Crippen molar-refractivity contribution in [2.24, 2.45) is 28.7 Å². The molecule has 0 aromatic heterocycles. The Labute approximate surface area is 203 Å². The molecular formula is C24H55N9. The summed E-state index contributed by atoms with van der Waals surface area (Å²) < 4.78 is 0. The van der Waals surface area contributed by atoms with Gasteiger partial charge in [-0.3, -0.25) is 4.90 Å². The molecule has 0 radical (unpaired) electrons. The van der Waals surface area contributed by atoms with Crippen LogP contribution in [-0.2, 0) is 0 Å². The Morgan fingerprint density at radius 1 is 0.576 bits per heavy atom. The van der Waals surface area contributed by atoms with Crippen molar-refractivity contribution >= 4 is 0 Å². The van der Waals surface area contributed by atoms with E-state index in [-0.39, 0.29) is 0 Å². The summed E-state index contributed by atoms with van der Waals surface area (Å²) in [5, 5.41) is 3.59. The first-order valence-corrected chi connectivity index (χ1v) is 12.8. The molecule has 0 aliphatic carbocycles. The quantitative estimate of drug-likeness (QED) is 0.0726. The van der Waals surface area contributed by atoms with Crippen molar-refractivity contribution < 1.29 is 0 Å². The van der Waals surface area contributed by atoms with Gasteiger partial charge in [-0.25, -0.2) is 0 Å². The molecule has 0 fully saturated rings. The van der Waals surface area contributed by atoms with Crippen molar-refractivity contribution in [2.45, 2.75) is 25.7 Å². The van der Waals surface area contributed by atoms with Crippen LogP contribution in [0.1, 0.15) is 25.7 Å². The Morgan fingerprint density at radius 3 is 1.61 bits per heavy atom. The molecule has 0 unspecified atom stereocenters. The summed E-state index contributed by atoms with van der Waals surface area (Å²) in [5.74, 6) is 0. The van der Waals surface area contributed by atoms with Gasteiger partial charge in [-0.15, -0.1) is 6.58 Å². The second-order valence-corrected chi connectivity index (χ2v) is 8.45. The molecule has 0 amide bonds. The summed E-state index contributed by atoms with van der Waals surface area (Å²) in [6.45, 7) is 17.9. The maximum Gasteiger partial charge on any atom is 0.0110 e. The van der Waals surface area contributed by atoms with E-state index in [0.29, 0.717) is 32.7 Å². The predicted octanol–water partition coefficient (Wildman–Crippen LogP) is -1.05. The first kappa shape index (κ1) is 32.1. The molecule has 0 aromatic carbocycles. The van der Waals surface area contributed by atoms with Crippen molar-refractivity contribution in [3.8, 4) is 0 Å². The van der Waals surface area contributed by atoms with Crippen LogP contribution >= 0.6 is 0 Å². The molecule has 0 aliphatic rings. The molecule has 9 heteroatoms. The zero-order valence-corrected chi connectivity index (χ0v) is 21.2. The zero-order valence-electron chi connectivity index (χ0n) is 21.2. The van der Waals surface area contributed by atoms with E-state index in [1.807, 2.05) is 6.08 Å². The van der Waals surface area contributed by atoms with Gasteiger partial charge in [0.2, 0.25) is 0 Å². The highest BCUT2D eigenvalue weighted by molar-refractivity contribution is 5.03. The zero-order chi connectivity index (χ0) is 24.6. The van der Waals surface area contributed by atoms with E-state index in [0.717, 1.165) is 97.7 Å². The van der Waals surface area contributed by atoms with E-state index in [1.165, 1.54) is 5.57 Å². The number of hydrogen-bond acceptors (Lipinski definition) is 9. The molecule has 0 atom stereocenters. The van der Waals surface area contributed by atoms with Crippen LogP contribution in [0.2, 0.25) is 0 Å². The van der Waals surface area contributed by atoms with Crippen LogP contribution in [0, 0.1) is 0 Å². The van der Waals surface area contributed by atoms with Crippen molar-refractivity contribution in [1.82, 2.24) is 20.0 Å². The fourth-order valence-corrected chi connectivity index (χ4v) is 3.81. The van der Waals surface area contributed by atoms with Crippen LogP contribution in [0.5, 0.6) is 0 Å². The van der Waals surface area contributed by atoms with Gasteiger partial charge in [0.15, 0.2) is 0 Å². The van der Waals surface area contributed by atoms with Crippen LogP contribution in [0.25, 0.3) is 0 Å². The molecule has 11 N–H and O–H groups in total. The highest BCUT2D eigenvalue weighted by atomic mass is 15.2. The average Bonchev–Trinajstić information content (AvgIpc) is 2.81. The van der Waals surface area contributed by atoms with E-state index >= 15 is 0 Å². The Balaban J connectivity index is 4.72. The van der Waals surface area contributed by atoms with Crippen molar-refractivity contribution in [1.29, 1.82) is 0 Å². The van der Waals surface area contributed by atoms with Gasteiger partial charge in [0.25, 0.3) is 0 Å². The summed E-state index contributed by atoms with van der Waals surface area (Å²) in [6.07, 6.45) is 8.16. The molecular weight excluding hydrogens is 414 g/mol. The molecule has 0 spiro atoms. The van der Waals surface area contributed by atoms with Crippen LogP contribution in [0.3, 0.4) is 0 Å². The summed E-state index contributed by atoms with van der Waals surface area (Å²) in [4.78, 5) is 7.30. The topological polar surface area (TPSA) is 152 Å². The highest BCUT2D eigenvalue weighted by Crippen LogP contribution is 2.09. The first-order valence-electron chi connectivity index (χ1n) is 12.8. The summed E-state index contributed by atoms with van der Waals surface area (Å²) in [7, 11) is 0. The SMILES string of the molecule is C=CCCN(CCN)CCN(CCNCCN(CCN)CCN)CC/C(=C\CCN)CCN. The number of nitrogens with two attached hydrogens (primary N) is 5. The van der Waals surface area contributed by atoms with Gasteiger partial charge in [0, 0.05) is 91.6 Å². The maximum atomic E-state index is 5.83. The largest absolute Gasteiger partial charge is 0.330 e. The number of nitrogens with one attached hydrogen (secondary N) is 1. The summed E-state index contributed by atoms with van der Waals surface area (Å²) >= 11 is 0. The molecule has 0 saturated carbocycles. The van der Waals surface area contributed by atoms with Gasteiger partial charge in [0.05, 0.1) is 0 Å². The number of hydrogen-bond donors (Lipinski definition) is 6. The monoisotopic (exact) mass is 469 g/mol. The van der Waals surface area contributed by atoms with Crippen molar-refractivity contribution in [3.05, 3.63) is 24.3 Å². The maximum absolute atomic E-state index is 5.83. The minimum Gasteiger partial charge on any atom is -0.330 e. The summed E-state index contributed by atoms with van der Waals surface area (Å²) in [6, 6.07) is 0. The molecule has 0 saturated heterocycles. The second kappa shape index (κ2) is 24.3. The van der Waals surface area contributed by atoms with Crippen LogP contribution in [-0.4, -0.2) is 119 Å². The Morgan fingerprint density at radius 2 is 1.12 bits per heavy atom. The molecule has 0 rings (SSSR count). The normalized spacial score (nSPS) is 12.4. The van der Waals surface area contributed by atoms with E-state index in [1.54, 1.807) is 0 Å². The van der Waals surface area contributed by atoms with Gasteiger partial charge >= 0.3 is 0 Å². The van der Waals surface area contributed by atoms with Crippen molar-refractivity contribution in [3.63, 3.8) is 0 Å². The fourth-order valence-electron chi connectivity index (χ4n) is 3.81. The minimum atomic E-state index is 0.668. The van der Waals surface area contributed by atoms with Gasteiger partial charge < -0.3 is 43.8 Å². The van der Waals surface area contributed by atoms with Gasteiger partial charge in [0.1, 0.15) is 0 Å². The third-order valence-electron chi connectivity index (χ3n) is 5.74. The van der Waals surface area contributed by atoms with E-state index in [9.17, 15) is 0 Å². The molecule has 196 valence electrons. The molecule has 0 bridgehead atoms.